The number of nitrogens with zero attached hydrogens (tertiary/aromatic N) is 1. The minimum atomic E-state index is -5.08. The summed E-state index contributed by atoms with van der Waals surface area (Å²) < 4.78 is 99.1. The number of aliphatic carboxylic acids is 1. The van der Waals surface area contributed by atoms with Gasteiger partial charge in [0.15, 0.2) is 6.04 Å². The summed E-state index contributed by atoms with van der Waals surface area (Å²) in [6.45, 7) is 0.858. The Balaban J connectivity index is 0.000000755. The molecule has 0 aromatic heterocycles. The summed E-state index contributed by atoms with van der Waals surface area (Å²) in [4.78, 5) is 23.5. The van der Waals surface area contributed by atoms with Crippen LogP contribution < -0.4 is 10.5 Å². The van der Waals surface area contributed by atoms with Crippen LogP contribution in [0.15, 0.2) is 77.7 Å². The van der Waals surface area contributed by atoms with E-state index in [2.05, 4.69) is 4.72 Å². The topological polar surface area (TPSA) is 139 Å². The highest BCUT2D eigenvalue weighted by Crippen LogP contribution is 2.36. The number of carboxylic acids is 1. The molecule has 0 radical (unpaired) electrons. The van der Waals surface area contributed by atoms with Gasteiger partial charge in [0.1, 0.15) is 0 Å². The van der Waals surface area contributed by atoms with E-state index in [-0.39, 0.29) is 30.1 Å². The van der Waals surface area contributed by atoms with E-state index in [0.29, 0.717) is 36.5 Å². The Morgan fingerprint density at radius 3 is 1.90 bits per heavy atom. The zero-order chi connectivity index (χ0) is 37.4. The molecule has 1 unspecified atom stereocenters. The molecule has 0 spiro atoms. The number of hydrogen-bond donors (Lipinski definition) is 3. The second-order valence-corrected chi connectivity index (χ2v) is 14.5. The summed E-state index contributed by atoms with van der Waals surface area (Å²) in [5, 5.41) is 7.67. The summed E-state index contributed by atoms with van der Waals surface area (Å²) in [7, 11) is -4.50. The Morgan fingerprint density at radius 2 is 1.39 bits per heavy atom. The lowest BCUT2D eigenvalue weighted by atomic mass is 9.96. The monoisotopic (exact) mass is 759 g/mol. The summed E-state index contributed by atoms with van der Waals surface area (Å²) in [6, 6.07) is 15.9. The number of piperidine rings is 1. The van der Waals surface area contributed by atoms with Gasteiger partial charge in [-0.2, -0.15) is 26.7 Å². The van der Waals surface area contributed by atoms with E-state index >= 15 is 8.78 Å². The van der Waals surface area contributed by atoms with Crippen LogP contribution >= 0.6 is 11.6 Å². The second-order valence-electron chi connectivity index (χ2n) is 12.4. The summed E-state index contributed by atoms with van der Waals surface area (Å²) >= 11 is 5.96. The molecule has 3 aromatic carbocycles. The number of hydrogen-bond acceptors (Lipinski definition) is 6. The van der Waals surface area contributed by atoms with Gasteiger partial charge in [-0.1, -0.05) is 73.0 Å². The Kier molecular flexibility index (Phi) is 13.6. The molecule has 1 heterocycles. The van der Waals surface area contributed by atoms with Crippen LogP contribution in [0, 0.1) is 0 Å². The van der Waals surface area contributed by atoms with Crippen molar-refractivity contribution in [3.05, 3.63) is 88.9 Å². The lowest BCUT2D eigenvalue weighted by molar-refractivity contribution is -0.192. The van der Waals surface area contributed by atoms with E-state index in [9.17, 15) is 26.4 Å². The normalized spacial score (nSPS) is 16.7. The maximum Gasteiger partial charge on any atom is 0.490 e. The van der Waals surface area contributed by atoms with Gasteiger partial charge in [0.05, 0.1) is 17.6 Å². The van der Waals surface area contributed by atoms with E-state index in [1.165, 1.54) is 54.1 Å². The van der Waals surface area contributed by atoms with E-state index in [0.717, 1.165) is 24.0 Å². The minimum absolute atomic E-state index is 0.141. The van der Waals surface area contributed by atoms with Gasteiger partial charge >= 0.3 is 12.1 Å². The number of rotatable bonds is 11. The van der Waals surface area contributed by atoms with Crippen molar-refractivity contribution in [1.29, 1.82) is 0 Å². The van der Waals surface area contributed by atoms with Gasteiger partial charge in [0.25, 0.3) is 5.92 Å². The molecule has 51 heavy (non-hydrogen) atoms. The summed E-state index contributed by atoms with van der Waals surface area (Å²) in [5.41, 5.74) is 7.79. The molecular weight excluding hydrogens is 721 g/mol. The van der Waals surface area contributed by atoms with E-state index < -0.39 is 45.6 Å². The van der Waals surface area contributed by atoms with Gasteiger partial charge < -0.3 is 20.5 Å². The first-order chi connectivity index (χ1) is 24.0. The molecule has 0 bridgehead atoms. The van der Waals surface area contributed by atoms with Crippen molar-refractivity contribution in [2.24, 2.45) is 5.73 Å². The Bertz CT molecular complexity index is 1710. The first kappa shape index (κ1) is 40.1. The average Bonchev–Trinajstić information content (AvgIpc) is 3.61. The number of alkyl halides is 5. The second kappa shape index (κ2) is 17.3. The number of likely N-dealkylation sites (tertiary alicyclic amines) is 1. The number of halogens is 6. The van der Waals surface area contributed by atoms with Crippen LogP contribution in [0.3, 0.4) is 0 Å². The molecule has 2 fully saturated rings. The van der Waals surface area contributed by atoms with Crippen LogP contribution in [0.1, 0.15) is 49.7 Å². The predicted molar refractivity (Wildman–Crippen MR) is 181 cm³/mol. The number of benzene rings is 3. The fourth-order valence-corrected chi connectivity index (χ4v) is 7.05. The molecule has 1 saturated carbocycles. The Morgan fingerprint density at radius 1 is 0.882 bits per heavy atom. The molecule has 3 aromatic rings. The number of sulfonamides is 1. The van der Waals surface area contributed by atoms with Crippen molar-refractivity contribution >= 4 is 33.5 Å². The van der Waals surface area contributed by atoms with Crippen molar-refractivity contribution in [1.82, 2.24) is 9.62 Å². The lowest BCUT2D eigenvalue weighted by Crippen LogP contribution is -2.57. The number of ether oxygens (including phenoxy) is 1. The molecule has 1 amide bonds. The van der Waals surface area contributed by atoms with Crippen LogP contribution in [-0.4, -0.2) is 74.4 Å². The zero-order valence-corrected chi connectivity index (χ0v) is 29.0. The third-order valence-electron chi connectivity index (χ3n) is 8.70. The molecule has 1 saturated heterocycles. The number of nitrogens with one attached hydrogen (secondary N) is 1. The predicted octanol–water partition coefficient (Wildman–Crippen LogP) is 6.53. The van der Waals surface area contributed by atoms with Gasteiger partial charge in [0, 0.05) is 29.7 Å². The first-order valence-corrected chi connectivity index (χ1v) is 18.1. The van der Waals surface area contributed by atoms with Gasteiger partial charge in [-0.05, 0) is 73.1 Å². The van der Waals surface area contributed by atoms with Crippen LogP contribution in [0.2, 0.25) is 5.02 Å². The third-order valence-corrected chi connectivity index (χ3v) is 10.4. The van der Waals surface area contributed by atoms with Crippen molar-refractivity contribution < 1.29 is 49.8 Å². The molecule has 1 aliphatic heterocycles. The van der Waals surface area contributed by atoms with Crippen molar-refractivity contribution in [2.75, 3.05) is 19.7 Å². The smallest absolute Gasteiger partial charge is 0.475 e. The van der Waals surface area contributed by atoms with E-state index in [1.807, 2.05) is 0 Å². The molecule has 1 aliphatic carbocycles. The molecule has 278 valence electrons. The van der Waals surface area contributed by atoms with Gasteiger partial charge in [-0.3, -0.25) is 4.79 Å². The molecule has 16 heteroatoms. The van der Waals surface area contributed by atoms with Gasteiger partial charge in [-0.15, -0.1) is 0 Å². The highest BCUT2D eigenvalue weighted by atomic mass is 35.5. The zero-order valence-electron chi connectivity index (χ0n) is 27.4. The SMILES string of the molecule is NC1CCN(C(=O)C(NS(=O)(=O)c2ccc(CCOC3CCCC3)cc2)C(F)(F)c2ccc(-c3ccc(Cl)cc3)cc2)CC1.O=C(O)C(F)(F)F. The number of carbonyl (C=O) groups excluding carboxylic acids is 1. The van der Waals surface area contributed by atoms with Crippen molar-refractivity contribution in [2.45, 2.75) is 80.1 Å². The van der Waals surface area contributed by atoms with E-state index in [1.54, 1.807) is 36.4 Å². The Hall–Kier alpha value is -3.63. The van der Waals surface area contributed by atoms with Gasteiger partial charge in [-0.25, -0.2) is 13.2 Å². The largest absolute Gasteiger partial charge is 0.490 e. The Labute approximate surface area is 298 Å². The third kappa shape index (κ3) is 11.2. The van der Waals surface area contributed by atoms with Crippen LogP contribution in [0.25, 0.3) is 11.1 Å². The average molecular weight is 760 g/mol. The molecule has 2 aliphatic rings. The fraction of sp³-hybridized carbons (Fsp3) is 0.429. The van der Waals surface area contributed by atoms with E-state index in [4.69, 9.17) is 32.0 Å². The maximum absolute atomic E-state index is 16.2. The van der Waals surface area contributed by atoms with Gasteiger partial charge in [0.2, 0.25) is 15.9 Å². The quantitative estimate of drug-likeness (QED) is 0.189. The lowest BCUT2D eigenvalue weighted by Gasteiger charge is -2.35. The number of carbonyl (C=O) groups is 2. The number of carboxylic acid groups (broad SMARTS) is 1. The first-order valence-electron chi connectivity index (χ1n) is 16.3. The molecular formula is C35H39ClF5N3O6S. The highest BCUT2D eigenvalue weighted by Gasteiger charge is 2.50. The molecule has 4 N–H and O–H groups in total. The molecule has 9 nitrogen and oxygen atoms in total. The van der Waals surface area contributed by atoms with Crippen molar-refractivity contribution in [3.63, 3.8) is 0 Å². The maximum atomic E-state index is 16.2. The minimum Gasteiger partial charge on any atom is -0.475 e. The molecule has 5 rings (SSSR count). The number of amides is 1. The number of nitrogens with two attached hydrogens (primary N) is 1. The van der Waals surface area contributed by atoms with Crippen molar-refractivity contribution in [3.8, 4) is 11.1 Å². The highest BCUT2D eigenvalue weighted by molar-refractivity contribution is 7.89. The summed E-state index contributed by atoms with van der Waals surface area (Å²) in [5.74, 6) is -7.61. The van der Waals surface area contributed by atoms with Crippen LogP contribution in [0.5, 0.6) is 0 Å². The summed E-state index contributed by atoms with van der Waals surface area (Å²) in [6.07, 6.45) is 1.15. The molecule has 1 atom stereocenters. The van der Waals surface area contributed by atoms with Crippen LogP contribution in [0.4, 0.5) is 22.0 Å². The standard InChI is InChI=1S/C33H38ClF2N3O4S.C2HF3O2/c34-27-13-9-25(10-14-27)24-7-11-26(12-8-24)33(35,36)31(32(40)39-20-17-28(37)18-21-39)38-44(41,42)30-15-5-23(6-16-30)19-22-43-29-3-1-2-4-29;3-2(4,5)1(6)7/h5-16,28-29,31,38H,1-4,17-22,37H2;(H,6,7). The fourth-order valence-electron chi connectivity index (χ4n) is 5.73. The van der Waals surface area contributed by atoms with Crippen LogP contribution in [-0.2, 0) is 36.7 Å².